The lowest BCUT2D eigenvalue weighted by Crippen LogP contribution is -2.50. The first-order valence-electron chi connectivity index (χ1n) is 36.0. The van der Waals surface area contributed by atoms with Gasteiger partial charge in [-0.15, -0.1) is 5.10 Å². The summed E-state index contributed by atoms with van der Waals surface area (Å²) in [6, 6.07) is 26.6. The maximum atomic E-state index is 14.5. The van der Waals surface area contributed by atoms with Crippen LogP contribution in [-0.4, -0.2) is 166 Å². The lowest BCUT2D eigenvalue weighted by molar-refractivity contribution is -0.133. The van der Waals surface area contributed by atoms with Crippen molar-refractivity contribution in [2.45, 2.75) is 162 Å². The predicted octanol–water partition coefficient (Wildman–Crippen LogP) is 9.75. The van der Waals surface area contributed by atoms with E-state index < -0.39 is 47.9 Å². The van der Waals surface area contributed by atoms with Gasteiger partial charge < -0.3 is 59.2 Å². The van der Waals surface area contributed by atoms with Crippen molar-refractivity contribution in [1.82, 2.24) is 35.4 Å². The van der Waals surface area contributed by atoms with Crippen molar-refractivity contribution in [2.24, 2.45) is 22.2 Å². The highest BCUT2D eigenvalue weighted by Crippen LogP contribution is 2.57. The number of aliphatic hydroxyl groups is 2. The van der Waals surface area contributed by atoms with Gasteiger partial charge in [-0.3, -0.25) is 43.3 Å². The van der Waals surface area contributed by atoms with E-state index in [9.17, 15) is 53.4 Å². The largest absolute Gasteiger partial charge is 0.493 e. The number of rotatable bonds is 30. The minimum atomic E-state index is -1.47. The predicted molar refractivity (Wildman–Crippen MR) is 388 cm³/mol. The lowest BCUT2D eigenvalue weighted by atomic mass is 9.89. The molecule has 0 bridgehead atoms. The van der Waals surface area contributed by atoms with Crippen LogP contribution in [0.2, 0.25) is 0 Å². The molecule has 5 aromatic carbocycles. The number of nitrogens with one attached hydrogen (secondary N) is 2. The van der Waals surface area contributed by atoms with Crippen molar-refractivity contribution in [1.29, 1.82) is 0 Å². The Kier molecular flexibility index (Phi) is 22.7. The summed E-state index contributed by atoms with van der Waals surface area (Å²) in [5.41, 5.74) is 7.55. The molecule has 4 N–H and O–H groups in total. The van der Waals surface area contributed by atoms with Crippen molar-refractivity contribution in [3.8, 4) is 45.5 Å². The molecule has 6 amide bonds. The first-order chi connectivity index (χ1) is 50.6. The number of para-hydroxylation sites is 1. The quantitative estimate of drug-likeness (QED) is 0.0305. The summed E-state index contributed by atoms with van der Waals surface area (Å²) >= 11 is 0. The summed E-state index contributed by atoms with van der Waals surface area (Å²) in [6.45, 7) is 9.69. The van der Waals surface area contributed by atoms with Crippen LogP contribution >= 0.6 is 0 Å². The van der Waals surface area contributed by atoms with Gasteiger partial charge in [0.05, 0.1) is 99.1 Å². The van der Waals surface area contributed by atoms with Crippen LogP contribution in [0.15, 0.2) is 114 Å². The van der Waals surface area contributed by atoms with Gasteiger partial charge in [0.1, 0.15) is 18.1 Å². The van der Waals surface area contributed by atoms with Gasteiger partial charge in [-0.25, -0.2) is 14.4 Å². The minimum Gasteiger partial charge on any atom is -0.493 e. The Bertz CT molecular complexity index is 4410. The monoisotopic (exact) mass is 1430 g/mol. The number of hydrogen-bond donors (Lipinski definition) is 4. The van der Waals surface area contributed by atoms with Gasteiger partial charge >= 0.3 is 6.09 Å². The van der Waals surface area contributed by atoms with E-state index >= 15 is 0 Å². The molecule has 1 aliphatic carbocycles. The molecule has 6 heterocycles. The van der Waals surface area contributed by atoms with Crippen LogP contribution in [0, 0.1) is 17.3 Å². The molecule has 1 unspecified atom stereocenters. The standard InChI is InChI=1S/C79H90N10O16/c1-46(2)58(33-55(92)40-81-70(94)25-23-54(91)24-26-71(95)86-42-52-15-9-10-16-56(52)73-72(83-84-89(73)47(3)4)57-17-11-12-18-62(57)86)74(96)82-48(5)65(93)32-49-19-21-50(22-20-49)44-105-78(100)88-63-37-69(67(102-7)35-60(63)76(98)87-45-79(27-28-79)38-64(87)77(88)99)104-30-14-8-13-29-103-68-36-61-59(34-66(68)101-6)75(97)85-41-51(43-90)31-53(85)39-80-61/h9-12,15-22,34-37,39,41,46-48,53,58,64,77,90,99H,8,13-14,23-33,38,40,42-45H2,1-7H3,(H,81,94)(H,82,96)/t48-,53-,58-,64-,77?/m0/s1. The highest BCUT2D eigenvalue weighted by molar-refractivity contribution is 6.07. The molecule has 5 atom stereocenters. The number of Topliss-reactive ketones (excluding diaryl/α,β-unsaturated/α-hetero) is 3. The van der Waals surface area contributed by atoms with Crippen LogP contribution in [0.5, 0.6) is 23.0 Å². The second-order valence-electron chi connectivity index (χ2n) is 28.6. The fraction of sp³-hybridized carbons (Fsp3) is 0.443. The van der Waals surface area contributed by atoms with Gasteiger partial charge in [0.2, 0.25) is 17.7 Å². The zero-order valence-corrected chi connectivity index (χ0v) is 60.3. The van der Waals surface area contributed by atoms with Crippen molar-refractivity contribution in [3.05, 3.63) is 137 Å². The van der Waals surface area contributed by atoms with Gasteiger partial charge in [-0.2, -0.15) is 0 Å². The number of ether oxygens (including phenoxy) is 5. The first-order valence-corrected chi connectivity index (χ1v) is 36.0. The number of carbonyl (C=O) groups is 9. The molecule has 26 heteroatoms. The van der Waals surface area contributed by atoms with Crippen LogP contribution < -0.4 is 39.4 Å². The molecule has 1 spiro atoms. The van der Waals surface area contributed by atoms with E-state index in [0.29, 0.717) is 90.5 Å². The Labute approximate surface area is 609 Å². The van der Waals surface area contributed by atoms with Crippen LogP contribution in [0.1, 0.15) is 155 Å². The Morgan fingerprint density at radius 1 is 0.724 bits per heavy atom. The average molecular weight is 1440 g/mol. The third-order valence-corrected chi connectivity index (χ3v) is 20.6. The second-order valence-corrected chi connectivity index (χ2v) is 28.6. The van der Waals surface area contributed by atoms with Gasteiger partial charge in [0, 0.05) is 92.7 Å². The number of unbranched alkanes of at least 4 members (excludes halogenated alkanes) is 2. The SMILES string of the molecule is COc1cc2c(cc1OCCCCCOc1cc3c(cc1OC)C(=O)N1CC4(CC4)C[C@H]1C(O)N3C(=O)OCc1ccc(CC(=O)[C@H](C)NC(=O)[C@@H](CC(=O)CNC(=O)CCC(=O)CCC(=O)N3Cc4ccccc4-c4c(nnn4C(C)C)-c4ccccc43)C(C)C)cc1)N=C[C@@H]1CC(CO)=CN1C2=O. The van der Waals surface area contributed by atoms with Crippen LogP contribution in [0.3, 0.4) is 0 Å². The van der Waals surface area contributed by atoms with Gasteiger partial charge in [0.25, 0.3) is 11.8 Å². The number of aliphatic imine (C=N–C) groups is 1. The maximum Gasteiger partial charge on any atom is 0.416 e. The third-order valence-electron chi connectivity index (χ3n) is 20.6. The van der Waals surface area contributed by atoms with E-state index in [2.05, 4.69) is 25.9 Å². The molecule has 0 radical (unpaired) electrons. The van der Waals surface area contributed by atoms with Gasteiger partial charge in [-0.05, 0) is 118 Å². The molecular formula is C79H90N10O16. The lowest BCUT2D eigenvalue weighted by Gasteiger charge is -2.31. The van der Waals surface area contributed by atoms with E-state index in [1.807, 2.05) is 67.1 Å². The molecule has 2 fully saturated rings. The molecule has 1 saturated heterocycles. The second kappa shape index (κ2) is 32.2. The Balaban J connectivity index is 0.590. The van der Waals surface area contributed by atoms with Crippen molar-refractivity contribution in [3.63, 3.8) is 0 Å². The molecule has 6 aromatic rings. The number of carbonyl (C=O) groups excluding carboxylic acids is 9. The summed E-state index contributed by atoms with van der Waals surface area (Å²) < 4.78 is 31.6. The fourth-order valence-corrected chi connectivity index (χ4v) is 14.4. The summed E-state index contributed by atoms with van der Waals surface area (Å²) in [6.07, 6.45) is 4.88. The Morgan fingerprint density at radius 3 is 2.10 bits per heavy atom. The number of amides is 6. The molecule has 6 aliphatic rings. The maximum absolute atomic E-state index is 14.5. The number of benzene rings is 5. The molecule has 5 aliphatic heterocycles. The molecule has 552 valence electrons. The summed E-state index contributed by atoms with van der Waals surface area (Å²) in [5, 5.41) is 36.2. The van der Waals surface area contributed by atoms with E-state index in [-0.39, 0.29) is 147 Å². The van der Waals surface area contributed by atoms with E-state index in [1.165, 1.54) is 26.4 Å². The zero-order chi connectivity index (χ0) is 74.4. The van der Waals surface area contributed by atoms with E-state index in [4.69, 9.17) is 23.7 Å². The summed E-state index contributed by atoms with van der Waals surface area (Å²) in [7, 11) is 2.95. The smallest absolute Gasteiger partial charge is 0.416 e. The number of anilines is 2. The number of hydrogen-bond acceptors (Lipinski definition) is 19. The molecule has 26 nitrogen and oxygen atoms in total. The number of methoxy groups -OCH3 is 2. The van der Waals surface area contributed by atoms with E-state index in [1.54, 1.807) is 84.3 Å². The molecular weight excluding hydrogens is 1340 g/mol. The van der Waals surface area contributed by atoms with Gasteiger partial charge in [-0.1, -0.05) is 85.8 Å². The summed E-state index contributed by atoms with van der Waals surface area (Å²) in [4.78, 5) is 134. The average Bonchev–Trinajstić information content (AvgIpc) is 1.57. The summed E-state index contributed by atoms with van der Waals surface area (Å²) in [5.74, 6) is -2.73. The minimum absolute atomic E-state index is 0.0310. The highest BCUT2D eigenvalue weighted by Gasteiger charge is 2.58. The number of nitrogens with zero attached hydrogens (tertiary/aromatic N) is 8. The van der Waals surface area contributed by atoms with Crippen molar-refractivity contribution < 1.29 is 77.0 Å². The van der Waals surface area contributed by atoms with Crippen LogP contribution in [0.4, 0.5) is 21.9 Å². The molecule has 1 aromatic heterocycles. The van der Waals surface area contributed by atoms with Gasteiger partial charge in [0.15, 0.2) is 40.8 Å². The normalized spacial score (nSPS) is 17.8. The van der Waals surface area contributed by atoms with Crippen LogP contribution in [-0.2, 0) is 53.1 Å². The first kappa shape index (κ1) is 74.1. The zero-order valence-electron chi connectivity index (χ0n) is 60.3. The van der Waals surface area contributed by atoms with E-state index in [0.717, 1.165) is 45.7 Å². The van der Waals surface area contributed by atoms with Crippen LogP contribution in [0.25, 0.3) is 22.5 Å². The van der Waals surface area contributed by atoms with Crippen molar-refractivity contribution in [2.75, 3.05) is 56.9 Å². The molecule has 12 rings (SSSR count). The third kappa shape index (κ3) is 16.4. The van der Waals surface area contributed by atoms with Crippen molar-refractivity contribution >= 4 is 76.3 Å². The Morgan fingerprint density at radius 2 is 1.40 bits per heavy atom. The number of ketones is 3. The number of aromatic nitrogens is 3. The number of fused-ring (bicyclic) bond motifs is 9. The highest BCUT2D eigenvalue weighted by atomic mass is 16.6. The molecule has 105 heavy (non-hydrogen) atoms. The number of aliphatic hydroxyl groups excluding tert-OH is 2. The topological polar surface area (TPSA) is 320 Å². The molecule has 1 saturated carbocycles. The fourth-order valence-electron chi connectivity index (χ4n) is 14.4. The Hall–Kier alpha value is -10.6.